The Hall–Kier alpha value is -6.72. The zero-order valence-corrected chi connectivity index (χ0v) is 69.6. The summed E-state index contributed by atoms with van der Waals surface area (Å²) in [4.78, 5) is 23.6. The van der Waals surface area contributed by atoms with Crippen molar-refractivity contribution in [3.8, 4) is 46.0 Å². The number of allylic oxidation sites excluding steroid dienone is 6. The maximum absolute atomic E-state index is 12.1. The molecule has 4 aromatic rings. The fourth-order valence-corrected chi connectivity index (χ4v) is 31.5. The van der Waals surface area contributed by atoms with Crippen molar-refractivity contribution >= 4 is 12.1 Å². The summed E-state index contributed by atoms with van der Waals surface area (Å²) < 4.78 is 0. The Balaban J connectivity index is 0.000000135. The van der Waals surface area contributed by atoms with Gasteiger partial charge in [-0.05, 0) is 446 Å². The van der Waals surface area contributed by atoms with Gasteiger partial charge >= 0.3 is 0 Å². The van der Waals surface area contributed by atoms with Crippen molar-refractivity contribution in [2.24, 2.45) is 101 Å². The standard InChI is InChI=1S/C27H36O2.C26H34O3.C25H34O3.C25H32O3.4CH4/c1-4-17-5-6-22(16(2)3)23(10-17)26-24(28)11-21(12-25(26)29)27-13-18-7-19(14-27)9-20(8-18)15-27;1-15(2)21-4-3-16(14-27)8-22(21)25-23(28)9-20(10-24(25)29)26-11-17-5-18(12-26)7-19(6-17)13-26;2*1-14(2)20-4-3-19(26)10-21(20)24-22(27)8-18(9-23(24)28)25-11-15-5-16(12-25)7-17(6-15)13-25;;;;/h4,11-12,18-20,22-23,28-29H,2,5-10,13-15H2,1,3H3;9-10,14,16-19,21-22,28-29H,1,3-8,11-13H2,2H3;8-9,15-17,19-21,26-28H,1,3-7,10-13H2,2H3;8-9,15-17,20-21,27-28H,1,3-7,10-13H2,2H3;4*1H4/t18?,19?,20?,22-,23+,27?;16-,17?,18?,19?,21+,22-,26?;15?,16?,17?,19-,20+,21-,25?;15?,16?,17?,20-,21+,25?;;;;/m1110..../s1. The fraction of sp³-hybridized carbons (Fsp3) is 0.664. The molecule has 10 atom stereocenters. The van der Waals surface area contributed by atoms with E-state index in [1.807, 2.05) is 69.3 Å². The van der Waals surface area contributed by atoms with Crippen LogP contribution in [-0.2, 0) is 31.2 Å². The zero-order valence-electron chi connectivity index (χ0n) is 69.6. The van der Waals surface area contributed by atoms with Gasteiger partial charge in [-0.15, -0.1) is 0 Å². The predicted octanol–water partition coefficient (Wildman–Crippen LogP) is 26.3. The van der Waals surface area contributed by atoms with Crippen molar-refractivity contribution in [2.75, 3.05) is 0 Å². The highest BCUT2D eigenvalue weighted by molar-refractivity contribution is 5.81. The Morgan fingerprint density at radius 1 is 0.331 bits per heavy atom. The molecule has 0 heterocycles. The van der Waals surface area contributed by atoms with E-state index in [9.17, 15) is 55.5 Å². The van der Waals surface area contributed by atoms with Crippen molar-refractivity contribution in [1.29, 1.82) is 0 Å². The quantitative estimate of drug-likeness (QED) is 0.0453. The van der Waals surface area contributed by atoms with Gasteiger partial charge in [0, 0.05) is 58.8 Å². The first-order valence-corrected chi connectivity index (χ1v) is 45.6. The van der Waals surface area contributed by atoms with Crippen LogP contribution in [-0.4, -0.2) is 64.1 Å². The second-order valence-electron chi connectivity index (χ2n) is 42.9. The highest BCUT2D eigenvalue weighted by atomic mass is 16.3. The molecule has 20 aliphatic rings. The van der Waals surface area contributed by atoms with Gasteiger partial charge in [0.05, 0.1) is 6.10 Å². The smallest absolute Gasteiger partial charge is 0.133 e. The minimum Gasteiger partial charge on any atom is -0.508 e. The number of carbonyl (C=O) groups is 2. The van der Waals surface area contributed by atoms with E-state index < -0.39 is 0 Å². The molecule has 4 aromatic carbocycles. The molecule has 0 unspecified atom stereocenters. The molecule has 0 aromatic heterocycles. The predicted molar refractivity (Wildman–Crippen MR) is 479 cm³/mol. The number of aromatic hydroxyl groups is 8. The third-order valence-corrected chi connectivity index (χ3v) is 34.9. The first-order valence-electron chi connectivity index (χ1n) is 45.6. The van der Waals surface area contributed by atoms with Crippen molar-refractivity contribution < 1.29 is 55.5 Å². The highest BCUT2D eigenvalue weighted by Gasteiger charge is 2.57. The molecular formula is C107H152O11. The Labute approximate surface area is 710 Å². The molecule has 0 amide bonds. The summed E-state index contributed by atoms with van der Waals surface area (Å²) in [7, 11) is 0. The third kappa shape index (κ3) is 16.7. The largest absolute Gasteiger partial charge is 0.508 e. The van der Waals surface area contributed by atoms with Crippen molar-refractivity contribution in [2.45, 2.75) is 347 Å². The lowest BCUT2D eigenvalue weighted by atomic mass is 9.48. The van der Waals surface area contributed by atoms with Crippen molar-refractivity contribution in [3.63, 3.8) is 0 Å². The molecule has 0 spiro atoms. The molecule has 20 fully saturated rings. The first-order chi connectivity index (χ1) is 54.4. The number of aliphatic hydroxyl groups excluding tert-OH is 1. The van der Waals surface area contributed by atoms with Crippen LogP contribution in [0, 0.1) is 101 Å². The van der Waals surface area contributed by atoms with E-state index in [0.717, 1.165) is 173 Å². The number of aldehydes is 1. The van der Waals surface area contributed by atoms with Gasteiger partial charge in [0.15, 0.2) is 0 Å². The van der Waals surface area contributed by atoms with Gasteiger partial charge in [-0.25, -0.2) is 0 Å². The van der Waals surface area contributed by atoms with Gasteiger partial charge in [0.1, 0.15) is 58.1 Å². The molecule has 20 aliphatic carbocycles. The molecule has 11 nitrogen and oxygen atoms in total. The van der Waals surface area contributed by atoms with E-state index in [0.29, 0.717) is 59.8 Å². The maximum atomic E-state index is 12.1. The maximum Gasteiger partial charge on any atom is 0.133 e. The van der Waals surface area contributed by atoms with Crippen LogP contribution in [0.4, 0.5) is 0 Å². The lowest BCUT2D eigenvalue weighted by Gasteiger charge is -2.57. The molecule has 16 bridgehead atoms. The number of benzene rings is 4. The van der Waals surface area contributed by atoms with Crippen LogP contribution < -0.4 is 0 Å². The number of hydrogen-bond donors (Lipinski definition) is 9. The third-order valence-electron chi connectivity index (χ3n) is 34.9. The minimum atomic E-state index is -0.373. The Bertz CT molecular complexity index is 4210. The average Bonchev–Trinajstić information content (AvgIpc) is 0.740. The molecular weight excluding hydrogens is 1460 g/mol. The van der Waals surface area contributed by atoms with Crippen LogP contribution in [0.3, 0.4) is 0 Å². The molecule has 24 rings (SSSR count). The summed E-state index contributed by atoms with van der Waals surface area (Å²) in [5, 5.41) is 98.9. The summed E-state index contributed by atoms with van der Waals surface area (Å²) in [5.74, 6) is 12.8. The normalized spacial score (nSPS) is 39.1. The van der Waals surface area contributed by atoms with Crippen LogP contribution in [0.5, 0.6) is 46.0 Å². The monoisotopic (exact) mass is 1610 g/mol. The number of hydrogen-bond acceptors (Lipinski definition) is 11. The van der Waals surface area contributed by atoms with Crippen LogP contribution in [0.15, 0.2) is 109 Å². The molecule has 118 heavy (non-hydrogen) atoms. The number of rotatable bonds is 13. The highest BCUT2D eigenvalue weighted by Crippen LogP contribution is 2.68. The van der Waals surface area contributed by atoms with Crippen molar-refractivity contribution in [3.05, 3.63) is 153 Å². The number of phenols is 8. The van der Waals surface area contributed by atoms with Gasteiger partial charge in [-0.1, -0.05) is 90.0 Å². The van der Waals surface area contributed by atoms with E-state index in [1.165, 1.54) is 165 Å². The van der Waals surface area contributed by atoms with Gasteiger partial charge in [-0.3, -0.25) is 4.79 Å². The Kier molecular flexibility index (Phi) is 26.1. The number of Topliss-reactive ketones (excluding diaryl/α,β-unsaturated/α-hetero) is 1. The lowest BCUT2D eigenvalue weighted by molar-refractivity contribution is -0.121. The molecule has 0 radical (unpaired) electrons. The minimum absolute atomic E-state index is 0. The summed E-state index contributed by atoms with van der Waals surface area (Å²) in [6.45, 7) is 26.9. The number of ketones is 1. The molecule has 0 saturated heterocycles. The number of phenolic OH excluding ortho intramolecular Hbond substituents is 8. The summed E-state index contributed by atoms with van der Waals surface area (Å²) in [6, 6.07) is 15.7. The molecule has 11 heteroatoms. The Morgan fingerprint density at radius 3 is 0.831 bits per heavy atom. The van der Waals surface area contributed by atoms with Gasteiger partial charge in [0.2, 0.25) is 0 Å². The van der Waals surface area contributed by atoms with Crippen LogP contribution in [0.25, 0.3) is 0 Å². The molecule has 20 saturated carbocycles. The van der Waals surface area contributed by atoms with E-state index >= 15 is 0 Å². The molecule has 646 valence electrons. The van der Waals surface area contributed by atoms with E-state index in [4.69, 9.17) is 0 Å². The van der Waals surface area contributed by atoms with Crippen LogP contribution >= 0.6 is 0 Å². The van der Waals surface area contributed by atoms with Gasteiger partial charge in [0.25, 0.3) is 0 Å². The summed E-state index contributed by atoms with van der Waals surface area (Å²) in [6.07, 6.45) is 43.5. The fourth-order valence-electron chi connectivity index (χ4n) is 31.5. The van der Waals surface area contributed by atoms with Gasteiger partial charge in [-0.2, -0.15) is 0 Å². The lowest BCUT2D eigenvalue weighted by Crippen LogP contribution is -2.48. The number of carbonyl (C=O) groups excluding carboxylic acids is 2. The Morgan fingerprint density at radius 2 is 0.568 bits per heavy atom. The van der Waals surface area contributed by atoms with Crippen LogP contribution in [0.2, 0.25) is 0 Å². The summed E-state index contributed by atoms with van der Waals surface area (Å²) in [5.41, 5.74) is 13.6. The first kappa shape index (κ1) is 89.0. The zero-order chi connectivity index (χ0) is 79.9. The second-order valence-corrected chi connectivity index (χ2v) is 42.9. The summed E-state index contributed by atoms with van der Waals surface area (Å²) >= 11 is 0. The van der Waals surface area contributed by atoms with E-state index in [-0.39, 0.29) is 145 Å². The molecule has 0 aliphatic heterocycles. The van der Waals surface area contributed by atoms with E-state index in [2.05, 4.69) is 46.2 Å². The van der Waals surface area contributed by atoms with Gasteiger partial charge < -0.3 is 50.8 Å². The SMILES string of the molecule is C.C.C.C.C=C(C)[C@@H]1CCC(=O)C[C@H]1c1c(O)cc(C23CC4CC(CC(C4)C2)C3)cc1O.C=C(C)[C@@H]1CC[C@@H](C=O)C[C@H]1c1c(O)cc(C23CC4CC(CC(C4)C2)C3)cc1O.C=C(C)[C@@H]1CC[C@@H](O)C[C@H]1c1c(O)cc(C23CC4CC(CC(C4)C2)C3)cc1O.C=C(C)[C@H]1CCC(=CC)C[C@@H]1c1c(O)cc(C23CC4CC(CC(C4)C2)C3)cc1O. The van der Waals surface area contributed by atoms with Crippen molar-refractivity contribution in [1.82, 2.24) is 0 Å². The second kappa shape index (κ2) is 34.5. The van der Waals surface area contributed by atoms with E-state index in [1.54, 1.807) is 0 Å². The molecule has 9 N–H and O–H groups in total. The van der Waals surface area contributed by atoms with Crippen LogP contribution in [0.1, 0.15) is 364 Å². The topological polar surface area (TPSA) is 216 Å². The number of aliphatic hydroxyl groups is 1. The average molecular weight is 1610 g/mol.